The molecule has 12 heterocycles. The Balaban J connectivity index is 0.000000132. The number of fused-ring (bicyclic) bond motifs is 6. The molecule has 0 bridgehead atoms. The minimum absolute atomic E-state index is 0.121. The van der Waals surface area contributed by atoms with Crippen molar-refractivity contribution < 1.29 is 62.8 Å². The summed E-state index contributed by atoms with van der Waals surface area (Å²) in [6, 6.07) is 17.6. The Morgan fingerprint density at radius 2 is 0.797 bits per heavy atom. The van der Waals surface area contributed by atoms with E-state index in [2.05, 4.69) is 166 Å². The van der Waals surface area contributed by atoms with Crippen LogP contribution in [0.4, 0.5) is 30.6 Å². The molecule has 0 unspecified atom stereocenters. The monoisotopic (exact) mass is 1630 g/mol. The van der Waals surface area contributed by atoms with Crippen LogP contribution in [-0.2, 0) is 44.3 Å². The number of rotatable bonds is 23. The number of ether oxygens (including phenoxy) is 4. The Morgan fingerprint density at radius 1 is 0.449 bits per heavy atom. The molecule has 0 radical (unpaired) electrons. The molecular formula is C83H107F3N22O10. The fraction of sp³-hybridized carbons (Fsp3) is 0.566. The summed E-state index contributed by atoms with van der Waals surface area (Å²) >= 11 is 0. The molecule has 6 fully saturated rings. The number of imidazole rings is 6. The number of aryl methyl sites for hydroxylation is 3. The number of halogens is 3. The molecule has 630 valence electrons. The third kappa shape index (κ3) is 17.4. The van der Waals surface area contributed by atoms with E-state index in [1.165, 1.54) is 93.0 Å². The maximum Gasteiger partial charge on any atom is 0.573 e. The van der Waals surface area contributed by atoms with Gasteiger partial charge in [-0.1, -0.05) is 53.7 Å². The molecule has 18 rings (SSSR count). The zero-order valence-corrected chi connectivity index (χ0v) is 67.5. The van der Waals surface area contributed by atoms with Crippen LogP contribution >= 0.6 is 0 Å². The molecule has 32 nitrogen and oxygen atoms in total. The fourth-order valence-electron chi connectivity index (χ4n) is 18.0. The summed E-state index contributed by atoms with van der Waals surface area (Å²) < 4.78 is 64.8. The average Bonchev–Trinajstić information content (AvgIpc) is 1.62. The van der Waals surface area contributed by atoms with Crippen LogP contribution in [0.5, 0.6) is 5.75 Å². The lowest BCUT2D eigenvalue weighted by Gasteiger charge is -2.46. The number of nitrogens with two attached hydrogens (primary N) is 3. The van der Waals surface area contributed by atoms with Crippen molar-refractivity contribution in [2.24, 2.45) is 29.6 Å². The van der Waals surface area contributed by atoms with Gasteiger partial charge in [-0.2, -0.15) is 0 Å². The maximum absolute atomic E-state index is 12.5. The van der Waals surface area contributed by atoms with E-state index >= 15 is 0 Å². The lowest BCUT2D eigenvalue weighted by atomic mass is 9.70. The summed E-state index contributed by atoms with van der Waals surface area (Å²) in [6.07, 6.45) is 9.38. The molecule has 0 spiro atoms. The lowest BCUT2D eigenvalue weighted by Crippen LogP contribution is -2.52. The molecule has 3 saturated heterocycles. The molecule has 12 atom stereocenters. The largest absolute Gasteiger partial charge is 0.573 e. The number of nitrogens with zero attached hydrogens (tertiary/aromatic N) is 16. The van der Waals surface area contributed by atoms with Gasteiger partial charge in [0.2, 0.25) is 0 Å². The van der Waals surface area contributed by atoms with Crippen LogP contribution in [-0.4, -0.2) is 204 Å². The molecule has 15 N–H and O–H groups in total. The van der Waals surface area contributed by atoms with Crippen LogP contribution in [0.3, 0.4) is 0 Å². The van der Waals surface area contributed by atoms with E-state index in [1.54, 1.807) is 13.7 Å². The summed E-state index contributed by atoms with van der Waals surface area (Å²) in [5.74, 6) is 6.45. The smallest absolute Gasteiger partial charge is 0.406 e. The van der Waals surface area contributed by atoms with Crippen molar-refractivity contribution >= 4 is 84.0 Å². The van der Waals surface area contributed by atoms with Gasteiger partial charge in [0.1, 0.15) is 101 Å². The molecule has 3 saturated carbocycles. The standard InChI is InChI=1S/2C28H37N7O3.C27H33F3N8O4/c2*1-28(2,3)17-6-7-18-19(12-17)34-21(33-18)9-5-16-10-15(11-16)4-8-20-23(36)24(37)27(38-20)35-14-32-22-25(29)30-13-31-26(22)35;1-13(2)37(10-19-22(39)23(40)26(41-19)38-12-34-21-24(31)32-11-33-25(21)38)15-7-14(8-15)3-6-20-35-17-5-4-16(9-18(17)36-20)42-27(28,29)30/h2*6-7,12-16,20,23-24,27,36-37H,4-5,8-11H2,1-3H3,(H,33,34)(H2,29,30,31);4-5,9,11-15,19,22-23,26,39-40H,3,6-8,10H2,1-2H3,(H,35,36)(H2,31,32,33)/t2*15?,16?,20-,23-,24-,27-;14?,15?,19-,22-,23-,26-/m111/s1. The zero-order chi connectivity index (χ0) is 83.0. The molecule has 3 aliphatic heterocycles. The van der Waals surface area contributed by atoms with Crippen LogP contribution in [0.15, 0.2) is 92.6 Å². The van der Waals surface area contributed by atoms with Gasteiger partial charge < -0.3 is 81.7 Å². The number of alkyl halides is 3. The highest BCUT2D eigenvalue weighted by atomic mass is 19.4. The number of H-pyrrole nitrogens is 3. The number of nitrogen functional groups attached to an aromatic ring is 3. The third-order valence-corrected chi connectivity index (χ3v) is 25.0. The second-order valence-electron chi connectivity index (χ2n) is 35.6. The van der Waals surface area contributed by atoms with Crippen molar-refractivity contribution in [2.45, 2.75) is 261 Å². The van der Waals surface area contributed by atoms with E-state index in [4.69, 9.17) is 41.4 Å². The van der Waals surface area contributed by atoms with Crippen molar-refractivity contribution in [1.82, 2.24) is 93.4 Å². The minimum Gasteiger partial charge on any atom is -0.406 e. The van der Waals surface area contributed by atoms with Crippen molar-refractivity contribution in [2.75, 3.05) is 23.7 Å². The molecule has 0 amide bonds. The molecule has 3 aromatic carbocycles. The van der Waals surface area contributed by atoms with E-state index < -0.39 is 80.0 Å². The number of aromatic amines is 3. The summed E-state index contributed by atoms with van der Waals surface area (Å²) in [7, 11) is 0. The quantitative estimate of drug-likeness (QED) is 0.0283. The molecule has 35 heteroatoms. The Bertz CT molecular complexity index is 5270. The van der Waals surface area contributed by atoms with Gasteiger partial charge >= 0.3 is 6.36 Å². The Hall–Kier alpha value is -9.69. The normalized spacial score (nSPS) is 27.3. The highest BCUT2D eigenvalue weighted by Gasteiger charge is 2.49. The van der Waals surface area contributed by atoms with Crippen LogP contribution < -0.4 is 21.9 Å². The van der Waals surface area contributed by atoms with Crippen LogP contribution in [0.1, 0.15) is 186 Å². The number of benzene rings is 3. The van der Waals surface area contributed by atoms with Gasteiger partial charge in [-0.05, 0) is 185 Å². The van der Waals surface area contributed by atoms with Gasteiger partial charge in [-0.3, -0.25) is 18.6 Å². The summed E-state index contributed by atoms with van der Waals surface area (Å²) in [5.41, 5.74) is 28.6. The van der Waals surface area contributed by atoms with E-state index in [-0.39, 0.29) is 40.1 Å². The van der Waals surface area contributed by atoms with E-state index in [9.17, 15) is 43.8 Å². The Morgan fingerprint density at radius 3 is 1.17 bits per heavy atom. The summed E-state index contributed by atoms with van der Waals surface area (Å²) in [4.78, 5) is 63.8. The first-order valence-electron chi connectivity index (χ1n) is 41.1. The van der Waals surface area contributed by atoms with E-state index in [0.717, 1.165) is 97.3 Å². The van der Waals surface area contributed by atoms with Gasteiger partial charge in [-0.15, -0.1) is 13.2 Å². The van der Waals surface area contributed by atoms with Crippen molar-refractivity contribution in [3.8, 4) is 5.75 Å². The summed E-state index contributed by atoms with van der Waals surface area (Å²) in [6.45, 7) is 18.0. The predicted molar refractivity (Wildman–Crippen MR) is 434 cm³/mol. The number of anilines is 3. The molecule has 12 aromatic rings. The first-order valence-corrected chi connectivity index (χ1v) is 41.1. The average molecular weight is 1630 g/mol. The fourth-order valence-corrected chi connectivity index (χ4v) is 18.0. The molecule has 118 heavy (non-hydrogen) atoms. The number of hydrogen-bond donors (Lipinski definition) is 12. The Kier molecular flexibility index (Phi) is 23.0. The van der Waals surface area contributed by atoms with Crippen LogP contribution in [0.2, 0.25) is 0 Å². The highest BCUT2D eigenvalue weighted by Crippen LogP contribution is 2.46. The SMILES string of the molecule is CC(C)(C)c1ccc2nc(CCC3CC(CC[C@H]4O[C@@H](n5cnc6c(N)ncnc65)[C@H](O)[C@@H]4O)C3)[nH]c2c1.CC(C)(C)c1ccc2nc(CCC3CC(CC[C@H]4O[C@@H](n5cnc6c(N)ncnc65)[C@H](O)[C@@H]4O)C3)[nH]c2c1.CC(C)N(C[C@H]1O[C@@H](n2cnc3c(N)ncnc32)[C@H](O)[C@@H]1O)C1CC(CCc2nc3ccc(OC(F)(F)F)cc3[nH]2)C1. The highest BCUT2D eigenvalue weighted by molar-refractivity contribution is 5.83. The van der Waals surface area contributed by atoms with Crippen molar-refractivity contribution in [3.63, 3.8) is 0 Å². The van der Waals surface area contributed by atoms with Gasteiger partial charge in [0, 0.05) is 44.0 Å². The Labute approximate surface area is 678 Å². The molecule has 3 aliphatic carbocycles. The predicted octanol–water partition coefficient (Wildman–Crippen LogP) is 10.2. The zero-order valence-electron chi connectivity index (χ0n) is 67.5. The second-order valence-corrected chi connectivity index (χ2v) is 35.6. The van der Waals surface area contributed by atoms with Gasteiger partial charge in [0.15, 0.2) is 53.1 Å². The van der Waals surface area contributed by atoms with Crippen molar-refractivity contribution in [3.05, 3.63) is 121 Å². The number of nitrogens with one attached hydrogen (secondary N) is 3. The van der Waals surface area contributed by atoms with Crippen LogP contribution in [0, 0.1) is 29.6 Å². The first kappa shape index (κ1) is 82.0. The topological polar surface area (TPSA) is 456 Å². The maximum atomic E-state index is 12.5. The second kappa shape index (κ2) is 33.1. The van der Waals surface area contributed by atoms with Gasteiger partial charge in [0.05, 0.1) is 64.3 Å². The number of hydrogen-bond acceptors (Lipinski definition) is 26. The number of aliphatic hydroxyl groups excluding tert-OH is 6. The lowest BCUT2D eigenvalue weighted by molar-refractivity contribution is -0.274. The van der Waals surface area contributed by atoms with E-state index in [0.29, 0.717) is 106 Å². The number of aromatic nitrogens is 18. The van der Waals surface area contributed by atoms with Gasteiger partial charge in [0.25, 0.3) is 0 Å². The summed E-state index contributed by atoms with van der Waals surface area (Å²) in [5, 5.41) is 64.4. The van der Waals surface area contributed by atoms with Crippen LogP contribution in [0.25, 0.3) is 66.6 Å². The molecule has 9 aromatic heterocycles. The third-order valence-electron chi connectivity index (χ3n) is 25.0. The van der Waals surface area contributed by atoms with Crippen molar-refractivity contribution in [1.29, 1.82) is 0 Å². The minimum atomic E-state index is -4.75. The van der Waals surface area contributed by atoms with Gasteiger partial charge in [-0.25, -0.2) is 59.8 Å². The number of aliphatic hydroxyl groups is 6. The molecular weight excluding hydrogens is 1520 g/mol. The van der Waals surface area contributed by atoms with E-state index in [1.807, 2.05) is 0 Å². The first-order chi connectivity index (χ1) is 56.3. The molecule has 6 aliphatic rings.